The molecular formula is C12H12N2O4. The van der Waals surface area contributed by atoms with Crippen LogP contribution in [-0.2, 0) is 4.74 Å². The third-order valence-electron chi connectivity index (χ3n) is 2.76. The molecule has 1 aliphatic rings. The highest BCUT2D eigenvalue weighted by Gasteiger charge is 2.34. The van der Waals surface area contributed by atoms with Gasteiger partial charge in [-0.3, -0.25) is 14.3 Å². The molecule has 2 rings (SSSR count). The summed E-state index contributed by atoms with van der Waals surface area (Å²) in [4.78, 5) is 25.1. The van der Waals surface area contributed by atoms with Crippen LogP contribution in [0.2, 0.25) is 0 Å². The molecular weight excluding hydrogens is 236 g/mol. The van der Waals surface area contributed by atoms with E-state index in [1.165, 1.54) is 16.8 Å². The molecule has 0 saturated heterocycles. The quantitative estimate of drug-likeness (QED) is 0.535. The van der Waals surface area contributed by atoms with E-state index < -0.39 is 23.1 Å². The van der Waals surface area contributed by atoms with E-state index in [0.717, 1.165) is 0 Å². The van der Waals surface area contributed by atoms with Crippen molar-refractivity contribution in [2.24, 2.45) is 0 Å². The van der Waals surface area contributed by atoms with E-state index >= 15 is 0 Å². The van der Waals surface area contributed by atoms with Gasteiger partial charge in [-0.1, -0.05) is 5.92 Å². The molecule has 2 N–H and O–H groups in total. The first-order valence-electron chi connectivity index (χ1n) is 5.29. The summed E-state index contributed by atoms with van der Waals surface area (Å²) in [5, 5.41) is 9.19. The molecule has 2 heterocycles. The van der Waals surface area contributed by atoms with Gasteiger partial charge < -0.3 is 9.84 Å². The van der Waals surface area contributed by atoms with Gasteiger partial charge in [0.1, 0.15) is 0 Å². The molecule has 94 valence electrons. The molecule has 1 aromatic heterocycles. The van der Waals surface area contributed by atoms with Crippen molar-refractivity contribution in [2.45, 2.75) is 18.8 Å². The average molecular weight is 248 g/mol. The minimum absolute atomic E-state index is 0.381. The average Bonchev–Trinajstić information content (AvgIpc) is 2.79. The van der Waals surface area contributed by atoms with E-state index in [-0.39, 0.29) is 6.61 Å². The Labute approximate surface area is 103 Å². The van der Waals surface area contributed by atoms with Crippen molar-refractivity contribution in [1.82, 2.24) is 9.55 Å². The third kappa shape index (κ3) is 1.90. The van der Waals surface area contributed by atoms with Gasteiger partial charge in [-0.25, -0.2) is 4.79 Å². The van der Waals surface area contributed by atoms with E-state index in [2.05, 4.69) is 10.9 Å². The normalized spacial score (nSPS) is 26.2. The summed E-state index contributed by atoms with van der Waals surface area (Å²) in [5.74, 6) is 2.33. The number of aliphatic hydroxyl groups is 1. The number of hydrogen-bond acceptors (Lipinski definition) is 4. The molecule has 0 radical (unpaired) electrons. The molecule has 2 atom stereocenters. The fourth-order valence-electron chi connectivity index (χ4n) is 1.67. The number of hydrogen-bond donors (Lipinski definition) is 2. The number of H-pyrrole nitrogens is 1. The first-order valence-corrected chi connectivity index (χ1v) is 5.29. The lowest BCUT2D eigenvalue weighted by Gasteiger charge is -2.21. The summed E-state index contributed by atoms with van der Waals surface area (Å²) in [6, 6.07) is 0. The van der Waals surface area contributed by atoms with Crippen molar-refractivity contribution in [3.8, 4) is 12.3 Å². The zero-order chi connectivity index (χ0) is 13.3. The first-order chi connectivity index (χ1) is 8.51. The Kier molecular flexibility index (Phi) is 2.95. The minimum atomic E-state index is -1.21. The summed E-state index contributed by atoms with van der Waals surface area (Å²) in [6.45, 7) is 1.20. The van der Waals surface area contributed by atoms with Crippen LogP contribution in [0.4, 0.5) is 0 Å². The summed E-state index contributed by atoms with van der Waals surface area (Å²) in [7, 11) is 0. The number of aryl methyl sites for hydroxylation is 1. The number of aromatic amines is 1. The SMILES string of the molecule is C#C[C@]1(CO)C=C[C@@H](n2cc(C)c(=O)[nH]c2=O)O1. The lowest BCUT2D eigenvalue weighted by Crippen LogP contribution is -2.36. The van der Waals surface area contributed by atoms with Gasteiger partial charge in [0.25, 0.3) is 5.56 Å². The van der Waals surface area contributed by atoms with E-state index in [1.54, 1.807) is 13.0 Å². The molecule has 0 bridgehead atoms. The summed E-state index contributed by atoms with van der Waals surface area (Å²) in [5.41, 5.74) is -1.86. The van der Waals surface area contributed by atoms with Crippen molar-refractivity contribution < 1.29 is 9.84 Å². The number of ether oxygens (including phenoxy) is 1. The van der Waals surface area contributed by atoms with Gasteiger partial charge in [0.05, 0.1) is 6.61 Å². The topological polar surface area (TPSA) is 84.3 Å². The van der Waals surface area contributed by atoms with Crippen LogP contribution in [0.3, 0.4) is 0 Å². The van der Waals surface area contributed by atoms with E-state index in [0.29, 0.717) is 5.56 Å². The fraction of sp³-hybridized carbons (Fsp3) is 0.333. The van der Waals surface area contributed by atoms with Crippen LogP contribution >= 0.6 is 0 Å². The number of aromatic nitrogens is 2. The highest BCUT2D eigenvalue weighted by Crippen LogP contribution is 2.27. The molecule has 0 fully saturated rings. The van der Waals surface area contributed by atoms with Crippen molar-refractivity contribution in [2.75, 3.05) is 6.61 Å². The van der Waals surface area contributed by atoms with Crippen molar-refractivity contribution >= 4 is 0 Å². The highest BCUT2D eigenvalue weighted by molar-refractivity contribution is 5.25. The number of rotatable bonds is 2. The molecule has 0 saturated carbocycles. The molecule has 1 aromatic rings. The Morgan fingerprint density at radius 3 is 2.94 bits per heavy atom. The molecule has 6 heteroatoms. The lowest BCUT2D eigenvalue weighted by molar-refractivity contribution is -0.0503. The molecule has 6 nitrogen and oxygen atoms in total. The standard InChI is InChI=1S/C12H12N2O4/c1-3-12(7-15)5-4-9(18-12)14-6-8(2)10(16)13-11(14)17/h1,4-6,9,15H,7H2,2H3,(H,13,16,17)/t9-,12+/m0/s1. The second-order valence-corrected chi connectivity index (χ2v) is 4.04. The van der Waals surface area contributed by atoms with Crippen LogP contribution in [0.15, 0.2) is 27.9 Å². The monoisotopic (exact) mass is 248 g/mol. The van der Waals surface area contributed by atoms with Crippen LogP contribution in [0, 0.1) is 19.3 Å². The number of terminal acetylenes is 1. The molecule has 0 unspecified atom stereocenters. The second kappa shape index (κ2) is 4.29. The van der Waals surface area contributed by atoms with E-state index in [9.17, 15) is 14.7 Å². The zero-order valence-corrected chi connectivity index (χ0v) is 9.71. The molecule has 1 aliphatic heterocycles. The van der Waals surface area contributed by atoms with Gasteiger partial charge >= 0.3 is 5.69 Å². The highest BCUT2D eigenvalue weighted by atomic mass is 16.5. The Morgan fingerprint density at radius 1 is 1.67 bits per heavy atom. The summed E-state index contributed by atoms with van der Waals surface area (Å²) < 4.78 is 6.66. The first kappa shape index (κ1) is 12.4. The van der Waals surface area contributed by atoms with Gasteiger partial charge in [-0.15, -0.1) is 6.42 Å². The van der Waals surface area contributed by atoms with Gasteiger partial charge in [-0.05, 0) is 19.1 Å². The van der Waals surface area contributed by atoms with Gasteiger partial charge in [0.15, 0.2) is 11.8 Å². The third-order valence-corrected chi connectivity index (χ3v) is 2.76. The minimum Gasteiger partial charge on any atom is -0.392 e. The van der Waals surface area contributed by atoms with Crippen LogP contribution in [0.25, 0.3) is 0 Å². The maximum absolute atomic E-state index is 11.6. The zero-order valence-electron chi connectivity index (χ0n) is 9.71. The number of nitrogens with one attached hydrogen (secondary N) is 1. The fourth-order valence-corrected chi connectivity index (χ4v) is 1.67. The molecule has 0 aliphatic carbocycles. The van der Waals surface area contributed by atoms with E-state index in [1.807, 2.05) is 0 Å². The van der Waals surface area contributed by atoms with E-state index in [4.69, 9.17) is 11.2 Å². The largest absolute Gasteiger partial charge is 0.392 e. The Bertz CT molecular complexity index is 649. The molecule has 18 heavy (non-hydrogen) atoms. The predicted molar refractivity (Wildman–Crippen MR) is 64.0 cm³/mol. The number of nitrogens with zero attached hydrogens (tertiary/aromatic N) is 1. The summed E-state index contributed by atoms with van der Waals surface area (Å²) >= 11 is 0. The molecule has 0 aromatic carbocycles. The van der Waals surface area contributed by atoms with Crippen LogP contribution < -0.4 is 11.2 Å². The van der Waals surface area contributed by atoms with Crippen LogP contribution in [0.5, 0.6) is 0 Å². The van der Waals surface area contributed by atoms with Gasteiger partial charge in [0, 0.05) is 11.8 Å². The van der Waals surface area contributed by atoms with Crippen molar-refractivity contribution in [3.63, 3.8) is 0 Å². The van der Waals surface area contributed by atoms with Crippen LogP contribution in [-0.4, -0.2) is 26.9 Å². The van der Waals surface area contributed by atoms with Crippen molar-refractivity contribution in [3.05, 3.63) is 44.8 Å². The molecule has 0 spiro atoms. The lowest BCUT2D eigenvalue weighted by atomic mass is 10.1. The maximum atomic E-state index is 11.6. The Hall–Kier alpha value is -2.10. The smallest absolute Gasteiger partial charge is 0.330 e. The molecule has 0 amide bonds. The predicted octanol–water partition coefficient (Wildman–Crippen LogP) is -0.706. The van der Waals surface area contributed by atoms with Gasteiger partial charge in [0.2, 0.25) is 0 Å². The van der Waals surface area contributed by atoms with Crippen LogP contribution in [0.1, 0.15) is 11.8 Å². The number of aliphatic hydroxyl groups excluding tert-OH is 1. The van der Waals surface area contributed by atoms with Gasteiger partial charge in [-0.2, -0.15) is 0 Å². The summed E-state index contributed by atoms with van der Waals surface area (Å²) in [6.07, 6.45) is 9.01. The maximum Gasteiger partial charge on any atom is 0.330 e. The Morgan fingerprint density at radius 2 is 2.39 bits per heavy atom. The Balaban J connectivity index is 2.41. The second-order valence-electron chi connectivity index (χ2n) is 4.04. The van der Waals surface area contributed by atoms with Crippen molar-refractivity contribution in [1.29, 1.82) is 0 Å².